The van der Waals surface area contributed by atoms with E-state index in [9.17, 15) is 5.11 Å². The van der Waals surface area contributed by atoms with Crippen molar-refractivity contribution >= 4 is 6.08 Å². The highest BCUT2D eigenvalue weighted by Gasteiger charge is 2.05. The molecule has 2 heterocycles. The number of aliphatic hydroxyl groups is 1. The summed E-state index contributed by atoms with van der Waals surface area (Å²) in [6.45, 7) is 5.85. The van der Waals surface area contributed by atoms with Gasteiger partial charge in [-0.2, -0.15) is 0 Å². The summed E-state index contributed by atoms with van der Waals surface area (Å²) in [4.78, 5) is 17.6. The molecule has 2 aromatic heterocycles. The van der Waals surface area contributed by atoms with Crippen LogP contribution in [0.1, 0.15) is 31.7 Å². The highest BCUT2D eigenvalue weighted by molar-refractivity contribution is 5.63. The fourth-order valence-corrected chi connectivity index (χ4v) is 2.79. The predicted octanol–water partition coefficient (Wildman–Crippen LogP) is 4.73. The second kappa shape index (κ2) is 11.0. The highest BCUT2D eigenvalue weighted by Crippen LogP contribution is 2.21. The molecule has 0 fully saturated rings. The van der Waals surface area contributed by atoms with Gasteiger partial charge in [-0.3, -0.25) is 0 Å². The van der Waals surface area contributed by atoms with Crippen LogP contribution in [-0.4, -0.2) is 37.8 Å². The van der Waals surface area contributed by atoms with Gasteiger partial charge < -0.3 is 9.84 Å². The number of rotatable bonds is 10. The maximum Gasteiger partial charge on any atom is 0.159 e. The number of ether oxygens (including phenoxy) is 1. The summed E-state index contributed by atoms with van der Waals surface area (Å²) in [5.74, 6) is 1.91. The molecule has 6 heteroatoms. The average Bonchev–Trinajstić information content (AvgIpc) is 2.78. The molecule has 3 aromatic rings. The minimum atomic E-state index is -0.241. The fourth-order valence-electron chi connectivity index (χ4n) is 2.79. The Morgan fingerprint density at radius 3 is 2.07 bits per heavy atom. The lowest BCUT2D eigenvalue weighted by atomic mass is 10.1. The number of hydrogen-bond acceptors (Lipinski definition) is 6. The molecule has 0 bridgehead atoms. The molecule has 154 valence electrons. The van der Waals surface area contributed by atoms with E-state index in [1.807, 2.05) is 49.7 Å². The largest absolute Gasteiger partial charge is 0.486 e. The van der Waals surface area contributed by atoms with Crippen molar-refractivity contribution in [2.24, 2.45) is 0 Å². The Morgan fingerprint density at radius 2 is 1.53 bits per heavy atom. The van der Waals surface area contributed by atoms with Crippen molar-refractivity contribution in [1.29, 1.82) is 0 Å². The molecular formula is C24H26N4O2. The van der Waals surface area contributed by atoms with Crippen molar-refractivity contribution in [3.8, 4) is 28.5 Å². The first-order chi connectivity index (χ1) is 14.7. The van der Waals surface area contributed by atoms with E-state index < -0.39 is 0 Å². The molecule has 0 radical (unpaired) electrons. The van der Waals surface area contributed by atoms with Crippen molar-refractivity contribution < 1.29 is 9.84 Å². The van der Waals surface area contributed by atoms with Crippen LogP contribution < -0.4 is 4.74 Å². The quantitative estimate of drug-likeness (QED) is 0.390. The predicted molar refractivity (Wildman–Crippen MR) is 119 cm³/mol. The highest BCUT2D eigenvalue weighted by atomic mass is 16.5. The van der Waals surface area contributed by atoms with Gasteiger partial charge in [0.25, 0.3) is 0 Å². The normalized spacial score (nSPS) is 12.1. The van der Waals surface area contributed by atoms with Crippen molar-refractivity contribution in [1.82, 2.24) is 19.9 Å². The maximum absolute atomic E-state index is 9.27. The minimum Gasteiger partial charge on any atom is -0.486 e. The molecule has 0 aliphatic rings. The van der Waals surface area contributed by atoms with E-state index in [0.717, 1.165) is 36.0 Å². The second-order valence-corrected chi connectivity index (χ2v) is 6.94. The minimum absolute atomic E-state index is 0.241. The second-order valence-electron chi connectivity index (χ2n) is 6.94. The van der Waals surface area contributed by atoms with Crippen LogP contribution in [0.2, 0.25) is 0 Å². The molecule has 1 atom stereocenters. The lowest BCUT2D eigenvalue weighted by Gasteiger charge is -2.05. The lowest BCUT2D eigenvalue weighted by molar-refractivity contribution is 0.182. The summed E-state index contributed by atoms with van der Waals surface area (Å²) < 4.78 is 5.40. The summed E-state index contributed by atoms with van der Waals surface area (Å²) in [6.07, 6.45) is 15.2. The van der Waals surface area contributed by atoms with Gasteiger partial charge in [-0.25, -0.2) is 19.9 Å². The summed E-state index contributed by atoms with van der Waals surface area (Å²) >= 11 is 0. The third-order valence-electron chi connectivity index (χ3n) is 4.37. The van der Waals surface area contributed by atoms with Crippen LogP contribution in [0.25, 0.3) is 28.9 Å². The number of aliphatic hydroxyl groups excluding tert-OH is 1. The molecule has 0 spiro atoms. The number of allylic oxidation sites excluding steroid dienone is 1. The van der Waals surface area contributed by atoms with E-state index in [1.54, 1.807) is 18.5 Å². The molecule has 30 heavy (non-hydrogen) atoms. The third kappa shape index (κ3) is 6.32. The van der Waals surface area contributed by atoms with Crippen molar-refractivity contribution in [3.63, 3.8) is 0 Å². The molecule has 0 amide bonds. The smallest absolute Gasteiger partial charge is 0.159 e. The molecule has 1 aromatic carbocycles. The van der Waals surface area contributed by atoms with E-state index in [1.165, 1.54) is 0 Å². The van der Waals surface area contributed by atoms with Crippen LogP contribution >= 0.6 is 0 Å². The molecule has 1 unspecified atom stereocenters. The van der Waals surface area contributed by atoms with Crippen LogP contribution in [0.15, 0.2) is 67.8 Å². The van der Waals surface area contributed by atoms with Gasteiger partial charge in [0.2, 0.25) is 0 Å². The molecule has 0 aliphatic heterocycles. The van der Waals surface area contributed by atoms with Crippen molar-refractivity contribution in [2.75, 3.05) is 6.61 Å². The number of unbranched alkanes of at least 4 members (excludes halogenated alkanes) is 1. The first-order valence-electron chi connectivity index (χ1n) is 9.99. The number of aromatic nitrogens is 4. The van der Waals surface area contributed by atoms with E-state index in [0.29, 0.717) is 24.0 Å². The average molecular weight is 402 g/mol. The Kier molecular flexibility index (Phi) is 7.80. The van der Waals surface area contributed by atoms with Crippen LogP contribution in [0, 0.1) is 0 Å². The zero-order valence-corrected chi connectivity index (χ0v) is 17.1. The van der Waals surface area contributed by atoms with Crippen LogP contribution in [-0.2, 0) is 0 Å². The van der Waals surface area contributed by atoms with E-state index in [4.69, 9.17) is 4.74 Å². The Hall–Kier alpha value is -3.38. The molecule has 0 saturated carbocycles. The van der Waals surface area contributed by atoms with Gasteiger partial charge in [0.15, 0.2) is 17.4 Å². The SMILES string of the molecule is C=CCOc1cnc(-c2ccc(-c3ncc(/C=C/CCCC(C)O)cn3)cc2)nc1. The summed E-state index contributed by atoms with van der Waals surface area (Å²) in [5, 5.41) is 9.27. The van der Waals surface area contributed by atoms with E-state index >= 15 is 0 Å². The van der Waals surface area contributed by atoms with Gasteiger partial charge in [0.05, 0.1) is 18.5 Å². The van der Waals surface area contributed by atoms with Gasteiger partial charge in [-0.15, -0.1) is 0 Å². The number of benzene rings is 1. The molecule has 1 N–H and O–H groups in total. The lowest BCUT2D eigenvalue weighted by Crippen LogP contribution is -1.97. The van der Waals surface area contributed by atoms with Gasteiger partial charge in [0.1, 0.15) is 6.61 Å². The Bertz CT molecular complexity index is 950. The topological polar surface area (TPSA) is 81.0 Å². The third-order valence-corrected chi connectivity index (χ3v) is 4.37. The first kappa shape index (κ1) is 21.3. The molecular weight excluding hydrogens is 376 g/mol. The Labute approximate surface area is 177 Å². The van der Waals surface area contributed by atoms with Crippen molar-refractivity contribution in [2.45, 2.75) is 32.3 Å². The number of nitrogens with zero attached hydrogens (tertiary/aromatic N) is 4. The monoisotopic (exact) mass is 402 g/mol. The van der Waals surface area contributed by atoms with E-state index in [-0.39, 0.29) is 6.10 Å². The molecule has 0 saturated heterocycles. The summed E-state index contributed by atoms with van der Waals surface area (Å²) in [5.41, 5.74) is 2.79. The van der Waals surface area contributed by atoms with Crippen LogP contribution in [0.5, 0.6) is 5.75 Å². The van der Waals surface area contributed by atoms with Gasteiger partial charge in [-0.05, 0) is 26.2 Å². The van der Waals surface area contributed by atoms with Crippen molar-refractivity contribution in [3.05, 3.63) is 73.3 Å². The maximum atomic E-state index is 9.27. The molecule has 0 aliphatic carbocycles. The number of hydrogen-bond donors (Lipinski definition) is 1. The van der Waals surface area contributed by atoms with Gasteiger partial charge >= 0.3 is 0 Å². The summed E-state index contributed by atoms with van der Waals surface area (Å²) in [6, 6.07) is 7.83. The fraction of sp³-hybridized carbons (Fsp3) is 0.250. The van der Waals surface area contributed by atoms with Crippen LogP contribution in [0.4, 0.5) is 0 Å². The Morgan fingerprint density at radius 1 is 0.967 bits per heavy atom. The van der Waals surface area contributed by atoms with Crippen LogP contribution in [0.3, 0.4) is 0 Å². The zero-order valence-electron chi connectivity index (χ0n) is 17.1. The summed E-state index contributed by atoms with van der Waals surface area (Å²) in [7, 11) is 0. The zero-order chi connectivity index (χ0) is 21.2. The Balaban J connectivity index is 1.60. The van der Waals surface area contributed by atoms with E-state index in [2.05, 4.69) is 32.6 Å². The standard InChI is InChI=1S/C24H26N4O2/c1-3-13-30-22-16-27-24(28-17-22)21-11-9-20(10-12-21)23-25-14-19(15-26-23)8-6-4-5-7-18(2)29/h3,6,8-12,14-18,29H,1,4-5,7,13H2,2H3/b8-6+. The molecule has 6 nitrogen and oxygen atoms in total. The van der Waals surface area contributed by atoms with Gasteiger partial charge in [0, 0.05) is 29.1 Å². The molecule has 3 rings (SSSR count). The van der Waals surface area contributed by atoms with Gasteiger partial charge in [-0.1, -0.05) is 49.1 Å². The first-order valence-corrected chi connectivity index (χ1v) is 9.99.